The molecule has 3 aromatic rings. The Hall–Kier alpha value is -3.13. The van der Waals surface area contributed by atoms with E-state index in [1.165, 1.54) is 6.33 Å². The molecule has 0 saturated heterocycles. The van der Waals surface area contributed by atoms with Gasteiger partial charge in [-0.1, -0.05) is 17.7 Å². The zero-order valence-electron chi connectivity index (χ0n) is 15.5. The maximum absolute atomic E-state index is 12.8. The molecule has 0 aliphatic rings. The summed E-state index contributed by atoms with van der Waals surface area (Å²) >= 11 is 6.11. The normalized spacial score (nSPS) is 10.9. The fourth-order valence-electron chi connectivity index (χ4n) is 2.77. The third-order valence-corrected chi connectivity index (χ3v) is 4.36. The van der Waals surface area contributed by atoms with Crippen LogP contribution in [0.1, 0.15) is 28.6 Å². The minimum atomic E-state index is -0.675. The molecule has 0 bridgehead atoms. The highest BCUT2D eigenvalue weighted by Crippen LogP contribution is 2.23. The summed E-state index contributed by atoms with van der Waals surface area (Å²) in [5.74, 6) is -0.912. The molecule has 1 N–H and O–H groups in total. The number of fused-ring (bicyclic) bond motifs is 1. The Morgan fingerprint density at radius 2 is 2.07 bits per heavy atom. The van der Waals surface area contributed by atoms with Crippen LogP contribution in [0.15, 0.2) is 33.7 Å². The number of esters is 1. The van der Waals surface area contributed by atoms with Crippen molar-refractivity contribution in [2.24, 2.45) is 0 Å². The molecule has 0 spiro atoms. The van der Waals surface area contributed by atoms with Gasteiger partial charge in [-0.3, -0.25) is 14.2 Å². The van der Waals surface area contributed by atoms with Crippen LogP contribution >= 0.6 is 11.6 Å². The lowest BCUT2D eigenvalue weighted by atomic mass is 10.2. The summed E-state index contributed by atoms with van der Waals surface area (Å²) in [5, 5.41) is 3.03. The number of halogens is 1. The molecular weight excluding hydrogens is 386 g/mol. The predicted molar refractivity (Wildman–Crippen MR) is 104 cm³/mol. The molecule has 146 valence electrons. The van der Waals surface area contributed by atoms with E-state index in [-0.39, 0.29) is 35.6 Å². The zero-order valence-corrected chi connectivity index (χ0v) is 16.3. The first-order valence-electron chi connectivity index (χ1n) is 8.53. The summed E-state index contributed by atoms with van der Waals surface area (Å²) in [6.45, 7) is 4.93. The fourth-order valence-corrected chi connectivity index (χ4v) is 3.05. The van der Waals surface area contributed by atoms with Crippen molar-refractivity contribution in [3.05, 3.63) is 56.8 Å². The van der Waals surface area contributed by atoms with E-state index in [0.717, 1.165) is 10.1 Å². The molecule has 0 saturated carbocycles. The first-order chi connectivity index (χ1) is 13.3. The summed E-state index contributed by atoms with van der Waals surface area (Å²) < 4.78 is 11.5. The van der Waals surface area contributed by atoms with Gasteiger partial charge in [0.25, 0.3) is 5.56 Å². The maximum atomic E-state index is 12.8. The molecule has 3 rings (SSSR count). The lowest BCUT2D eigenvalue weighted by Crippen LogP contribution is -2.28. The van der Waals surface area contributed by atoms with Gasteiger partial charge in [-0.25, -0.2) is 9.78 Å². The number of aryl methyl sites for hydroxylation is 2. The summed E-state index contributed by atoms with van der Waals surface area (Å²) in [5.41, 5.74) is 0.853. The molecule has 8 nitrogen and oxygen atoms in total. The second-order valence-electron chi connectivity index (χ2n) is 6.14. The molecule has 1 aromatic carbocycles. The summed E-state index contributed by atoms with van der Waals surface area (Å²) in [6.07, 6.45) is 1.19. The van der Waals surface area contributed by atoms with Crippen molar-refractivity contribution in [3.8, 4) is 0 Å². The van der Waals surface area contributed by atoms with E-state index in [1.54, 1.807) is 32.0 Å². The van der Waals surface area contributed by atoms with Crippen molar-refractivity contribution >= 4 is 40.3 Å². The highest BCUT2D eigenvalue weighted by Gasteiger charge is 2.24. The van der Waals surface area contributed by atoms with Crippen LogP contribution in [0.3, 0.4) is 0 Å². The smallest absolute Gasteiger partial charge is 0.342 e. The quantitative estimate of drug-likeness (QED) is 0.656. The van der Waals surface area contributed by atoms with E-state index in [1.807, 2.05) is 6.92 Å². The number of hydrogen-bond acceptors (Lipinski definition) is 6. The number of amides is 1. The average molecular weight is 404 g/mol. The molecule has 0 fully saturated rings. The van der Waals surface area contributed by atoms with Crippen molar-refractivity contribution in [2.45, 2.75) is 27.3 Å². The Morgan fingerprint density at radius 3 is 2.75 bits per heavy atom. The summed E-state index contributed by atoms with van der Waals surface area (Å²) in [6, 6.07) is 5.20. The molecule has 1 amide bonds. The van der Waals surface area contributed by atoms with Crippen molar-refractivity contribution in [2.75, 3.05) is 11.9 Å². The molecule has 0 aliphatic heterocycles. The van der Waals surface area contributed by atoms with Gasteiger partial charge in [-0.2, -0.15) is 0 Å². The Bertz CT molecular complexity index is 1130. The van der Waals surface area contributed by atoms with Gasteiger partial charge in [0.1, 0.15) is 29.6 Å². The number of anilines is 1. The fraction of sp³-hybridized carbons (Fsp3) is 0.263. The van der Waals surface area contributed by atoms with E-state index in [9.17, 15) is 14.4 Å². The zero-order chi connectivity index (χ0) is 20.4. The van der Waals surface area contributed by atoms with Crippen molar-refractivity contribution in [1.29, 1.82) is 0 Å². The number of nitrogens with zero attached hydrogens (tertiary/aromatic N) is 2. The average Bonchev–Trinajstić information content (AvgIpc) is 2.97. The molecule has 0 unspecified atom stereocenters. The molecule has 2 heterocycles. The van der Waals surface area contributed by atoms with E-state index in [2.05, 4.69) is 10.3 Å². The molecule has 28 heavy (non-hydrogen) atoms. The van der Waals surface area contributed by atoms with Gasteiger partial charge in [0.05, 0.1) is 17.3 Å². The Balaban J connectivity index is 1.92. The van der Waals surface area contributed by atoms with Crippen LogP contribution in [0.25, 0.3) is 11.1 Å². The number of rotatable bonds is 5. The van der Waals surface area contributed by atoms with Crippen LogP contribution in [0.4, 0.5) is 5.69 Å². The number of furan rings is 1. The second kappa shape index (κ2) is 7.85. The SMILES string of the molecule is CCOC(=O)c1c(C)oc2ncn(CC(=O)Nc3ccc(C)cc3Cl)c(=O)c12. The molecular formula is C19H18ClN3O5. The predicted octanol–water partition coefficient (Wildman–Crippen LogP) is 3.08. The van der Waals surface area contributed by atoms with Gasteiger partial charge in [-0.15, -0.1) is 0 Å². The van der Waals surface area contributed by atoms with Crippen LogP contribution in [-0.2, 0) is 16.1 Å². The van der Waals surface area contributed by atoms with Gasteiger partial charge < -0.3 is 14.5 Å². The first-order valence-corrected chi connectivity index (χ1v) is 8.91. The molecule has 0 aliphatic carbocycles. The summed E-state index contributed by atoms with van der Waals surface area (Å²) in [4.78, 5) is 41.4. The number of carbonyl (C=O) groups is 2. The van der Waals surface area contributed by atoms with E-state index < -0.39 is 17.4 Å². The molecule has 0 radical (unpaired) electrons. The number of ether oxygens (including phenoxy) is 1. The standard InChI is InChI=1S/C19H18ClN3O5/c1-4-27-19(26)15-11(3)28-17-16(15)18(25)23(9-21-17)8-14(24)22-13-6-5-10(2)7-12(13)20/h5-7,9H,4,8H2,1-3H3,(H,22,24). The maximum Gasteiger partial charge on any atom is 0.342 e. The van der Waals surface area contributed by atoms with Gasteiger partial charge in [0.2, 0.25) is 11.6 Å². The van der Waals surface area contributed by atoms with E-state index in [4.69, 9.17) is 20.8 Å². The minimum Gasteiger partial charge on any atom is -0.462 e. The molecule has 0 atom stereocenters. The lowest BCUT2D eigenvalue weighted by Gasteiger charge is -2.09. The van der Waals surface area contributed by atoms with Crippen molar-refractivity contribution in [1.82, 2.24) is 9.55 Å². The van der Waals surface area contributed by atoms with Crippen LogP contribution in [0.5, 0.6) is 0 Å². The topological polar surface area (TPSA) is 103 Å². The lowest BCUT2D eigenvalue weighted by molar-refractivity contribution is -0.116. The van der Waals surface area contributed by atoms with Crippen LogP contribution in [0.2, 0.25) is 5.02 Å². The van der Waals surface area contributed by atoms with Crippen LogP contribution in [-0.4, -0.2) is 28.0 Å². The van der Waals surface area contributed by atoms with Gasteiger partial charge in [-0.05, 0) is 38.5 Å². The van der Waals surface area contributed by atoms with Gasteiger partial charge in [0.15, 0.2) is 0 Å². The number of hydrogen-bond donors (Lipinski definition) is 1. The van der Waals surface area contributed by atoms with Crippen LogP contribution in [0, 0.1) is 13.8 Å². The molecule has 2 aromatic heterocycles. The van der Waals surface area contributed by atoms with Gasteiger partial charge in [0, 0.05) is 0 Å². The third kappa shape index (κ3) is 3.77. The largest absolute Gasteiger partial charge is 0.462 e. The van der Waals surface area contributed by atoms with Crippen molar-refractivity contribution in [3.63, 3.8) is 0 Å². The number of benzene rings is 1. The Kier molecular flexibility index (Phi) is 5.51. The van der Waals surface area contributed by atoms with E-state index >= 15 is 0 Å². The van der Waals surface area contributed by atoms with E-state index in [0.29, 0.717) is 10.7 Å². The Labute approximate surface area is 165 Å². The number of aromatic nitrogens is 2. The summed E-state index contributed by atoms with van der Waals surface area (Å²) in [7, 11) is 0. The Morgan fingerprint density at radius 1 is 1.32 bits per heavy atom. The highest BCUT2D eigenvalue weighted by atomic mass is 35.5. The van der Waals surface area contributed by atoms with Gasteiger partial charge >= 0.3 is 5.97 Å². The number of nitrogens with one attached hydrogen (secondary N) is 1. The third-order valence-electron chi connectivity index (χ3n) is 4.05. The second-order valence-corrected chi connectivity index (χ2v) is 6.55. The number of carbonyl (C=O) groups excluding carboxylic acids is 2. The minimum absolute atomic E-state index is 0.0142. The first kappa shape index (κ1) is 19.6. The molecule has 9 heteroatoms. The highest BCUT2D eigenvalue weighted by molar-refractivity contribution is 6.33. The van der Waals surface area contributed by atoms with Crippen LogP contribution < -0.4 is 10.9 Å². The van der Waals surface area contributed by atoms with Crippen molar-refractivity contribution < 1.29 is 18.7 Å². The monoisotopic (exact) mass is 403 g/mol.